The van der Waals surface area contributed by atoms with E-state index < -0.39 is 11.6 Å². The van der Waals surface area contributed by atoms with E-state index in [4.69, 9.17) is 14.7 Å². The van der Waals surface area contributed by atoms with Crippen LogP contribution in [-0.2, 0) is 14.3 Å². The second-order valence-corrected chi connectivity index (χ2v) is 3.03. The largest absolute Gasteiger partial charge is 0.463 e. The lowest BCUT2D eigenvalue weighted by atomic mass is 9.97. The lowest BCUT2D eigenvalue weighted by molar-refractivity contribution is -0.166. The molecule has 0 heterocycles. The van der Waals surface area contributed by atoms with Gasteiger partial charge in [-0.05, 0) is 19.3 Å². The van der Waals surface area contributed by atoms with Gasteiger partial charge in [-0.25, -0.2) is 4.79 Å². The summed E-state index contributed by atoms with van der Waals surface area (Å²) in [5.41, 5.74) is -1.08. The smallest absolute Gasteiger partial charge is 0.351 e. The Kier molecular flexibility index (Phi) is 5.70. The molecule has 0 radical (unpaired) electrons. The molecule has 0 aliphatic rings. The predicted octanol–water partition coefficient (Wildman–Crippen LogP) is 2.00. The van der Waals surface area contributed by atoms with Gasteiger partial charge in [0, 0.05) is 0 Å². The molecule has 0 aliphatic carbocycles. The van der Waals surface area contributed by atoms with Crippen LogP contribution in [0, 0.1) is 11.5 Å². The van der Waals surface area contributed by atoms with E-state index in [-0.39, 0.29) is 0 Å². The van der Waals surface area contributed by atoms with Gasteiger partial charge in [-0.15, -0.1) is 0 Å². The van der Waals surface area contributed by atoms with Crippen LogP contribution in [0.4, 0.5) is 0 Å². The van der Waals surface area contributed by atoms with Crippen LogP contribution in [0.15, 0.2) is 0 Å². The zero-order valence-electron chi connectivity index (χ0n) is 9.00. The van der Waals surface area contributed by atoms with Gasteiger partial charge in [-0.3, -0.25) is 0 Å². The summed E-state index contributed by atoms with van der Waals surface area (Å²) in [6, 6.07) is 0. The number of carbonyl (C=O) groups excluding carboxylic acids is 1. The molecule has 0 aromatic carbocycles. The van der Waals surface area contributed by atoms with Crippen LogP contribution in [0.5, 0.6) is 0 Å². The Morgan fingerprint density at radius 2 is 1.93 bits per heavy atom. The minimum absolute atomic E-state index is 0.370. The molecular weight excluding hydrogens is 182 g/mol. The Labute approximate surface area is 84.8 Å². The minimum Gasteiger partial charge on any atom is -0.463 e. The number of rotatable bonds is 6. The van der Waals surface area contributed by atoms with Crippen molar-refractivity contribution in [3.63, 3.8) is 0 Å². The van der Waals surface area contributed by atoms with Crippen LogP contribution < -0.4 is 0 Å². The van der Waals surface area contributed by atoms with Gasteiger partial charge in [-0.2, -0.15) is 5.26 Å². The lowest BCUT2D eigenvalue weighted by Crippen LogP contribution is -2.40. The number of nitriles is 1. The number of ether oxygens (including phenoxy) is 2. The normalized spacial score (nSPS) is 10.4. The Bertz CT molecular complexity index is 216. The van der Waals surface area contributed by atoms with Gasteiger partial charge >= 0.3 is 5.97 Å². The third kappa shape index (κ3) is 2.91. The van der Waals surface area contributed by atoms with Gasteiger partial charge in [-0.1, -0.05) is 20.8 Å². The zero-order chi connectivity index (χ0) is 11.0. The molecule has 0 bridgehead atoms. The van der Waals surface area contributed by atoms with E-state index in [1.165, 1.54) is 0 Å². The summed E-state index contributed by atoms with van der Waals surface area (Å²) in [5, 5.41) is 8.46. The maximum absolute atomic E-state index is 11.6. The van der Waals surface area contributed by atoms with Crippen LogP contribution in [-0.4, -0.2) is 18.2 Å². The fourth-order valence-electron chi connectivity index (χ4n) is 1.14. The number of hydrogen-bond donors (Lipinski definition) is 0. The SMILES string of the molecule is CCCOC(=O)C(CC)(CC)OC#N. The van der Waals surface area contributed by atoms with Gasteiger partial charge in [0.2, 0.25) is 5.60 Å². The average Bonchev–Trinajstić information content (AvgIpc) is 2.22. The van der Waals surface area contributed by atoms with Crippen LogP contribution >= 0.6 is 0 Å². The highest BCUT2D eigenvalue weighted by atomic mass is 16.6. The van der Waals surface area contributed by atoms with E-state index in [2.05, 4.69) is 0 Å². The highest BCUT2D eigenvalue weighted by molar-refractivity contribution is 5.79. The highest BCUT2D eigenvalue weighted by Crippen LogP contribution is 2.22. The molecule has 0 aromatic heterocycles. The fraction of sp³-hybridized carbons (Fsp3) is 0.800. The van der Waals surface area contributed by atoms with Gasteiger partial charge in [0.1, 0.15) is 0 Å². The molecule has 4 heteroatoms. The van der Waals surface area contributed by atoms with Crippen molar-refractivity contribution in [3.8, 4) is 6.26 Å². The fourth-order valence-corrected chi connectivity index (χ4v) is 1.14. The second kappa shape index (κ2) is 6.25. The van der Waals surface area contributed by atoms with Crippen LogP contribution in [0.1, 0.15) is 40.0 Å². The van der Waals surface area contributed by atoms with Crippen molar-refractivity contribution in [3.05, 3.63) is 0 Å². The van der Waals surface area contributed by atoms with E-state index in [9.17, 15) is 4.79 Å². The van der Waals surface area contributed by atoms with E-state index in [1.54, 1.807) is 20.1 Å². The molecule has 0 rings (SSSR count). The molecular formula is C10H17NO3. The molecule has 0 N–H and O–H groups in total. The molecule has 0 aliphatic heterocycles. The average molecular weight is 199 g/mol. The predicted molar refractivity (Wildman–Crippen MR) is 51.3 cm³/mol. The Morgan fingerprint density at radius 1 is 1.36 bits per heavy atom. The van der Waals surface area contributed by atoms with Crippen molar-refractivity contribution in [2.24, 2.45) is 0 Å². The molecule has 0 fully saturated rings. The van der Waals surface area contributed by atoms with Gasteiger partial charge in [0.25, 0.3) is 6.26 Å². The standard InChI is InChI=1S/C10H17NO3/c1-4-7-13-9(12)10(5-2,6-3)14-8-11/h4-7H2,1-3H3. The van der Waals surface area contributed by atoms with Crippen molar-refractivity contribution in [1.82, 2.24) is 0 Å². The number of nitrogens with zero attached hydrogens (tertiary/aromatic N) is 1. The Morgan fingerprint density at radius 3 is 2.29 bits per heavy atom. The summed E-state index contributed by atoms with van der Waals surface area (Å²) >= 11 is 0. The van der Waals surface area contributed by atoms with Crippen molar-refractivity contribution in [2.75, 3.05) is 6.61 Å². The van der Waals surface area contributed by atoms with E-state index in [0.717, 1.165) is 6.42 Å². The topological polar surface area (TPSA) is 59.3 Å². The molecule has 0 atom stereocenters. The lowest BCUT2D eigenvalue weighted by Gasteiger charge is -2.25. The summed E-state index contributed by atoms with van der Waals surface area (Å²) in [7, 11) is 0. The molecule has 0 saturated heterocycles. The van der Waals surface area contributed by atoms with Crippen molar-refractivity contribution >= 4 is 5.97 Å². The van der Waals surface area contributed by atoms with E-state index >= 15 is 0 Å². The molecule has 0 unspecified atom stereocenters. The van der Waals surface area contributed by atoms with Crippen LogP contribution in [0.3, 0.4) is 0 Å². The van der Waals surface area contributed by atoms with Gasteiger partial charge in [0.05, 0.1) is 6.61 Å². The first kappa shape index (κ1) is 12.8. The molecule has 4 nitrogen and oxygen atoms in total. The van der Waals surface area contributed by atoms with Crippen LogP contribution in [0.25, 0.3) is 0 Å². The summed E-state index contributed by atoms with van der Waals surface area (Å²) < 4.78 is 9.79. The second-order valence-electron chi connectivity index (χ2n) is 3.03. The maximum atomic E-state index is 11.6. The molecule has 14 heavy (non-hydrogen) atoms. The first-order valence-corrected chi connectivity index (χ1v) is 4.91. The molecule has 80 valence electrons. The Hall–Kier alpha value is -1.24. The molecule has 0 aromatic rings. The van der Waals surface area contributed by atoms with E-state index in [0.29, 0.717) is 19.4 Å². The summed E-state index contributed by atoms with van der Waals surface area (Å²) in [5.74, 6) is -0.439. The van der Waals surface area contributed by atoms with Gasteiger partial charge in [0.15, 0.2) is 0 Å². The zero-order valence-corrected chi connectivity index (χ0v) is 9.00. The van der Waals surface area contributed by atoms with Crippen LogP contribution in [0.2, 0.25) is 0 Å². The van der Waals surface area contributed by atoms with Gasteiger partial charge < -0.3 is 9.47 Å². The maximum Gasteiger partial charge on any atom is 0.351 e. The summed E-state index contributed by atoms with van der Waals surface area (Å²) in [4.78, 5) is 11.6. The highest BCUT2D eigenvalue weighted by Gasteiger charge is 2.39. The number of hydrogen-bond acceptors (Lipinski definition) is 4. The minimum atomic E-state index is -1.08. The van der Waals surface area contributed by atoms with Crippen molar-refractivity contribution < 1.29 is 14.3 Å². The quantitative estimate of drug-likeness (QED) is 0.485. The number of esters is 1. The van der Waals surface area contributed by atoms with E-state index in [1.807, 2.05) is 6.92 Å². The van der Waals surface area contributed by atoms with Crippen molar-refractivity contribution in [2.45, 2.75) is 45.6 Å². The summed E-state index contributed by atoms with van der Waals surface area (Å²) in [6.45, 7) is 5.88. The first-order chi connectivity index (χ1) is 6.66. The summed E-state index contributed by atoms with van der Waals surface area (Å²) in [6.07, 6.45) is 3.22. The molecule has 0 saturated carbocycles. The third-order valence-electron chi connectivity index (χ3n) is 2.19. The third-order valence-corrected chi connectivity index (χ3v) is 2.19. The first-order valence-electron chi connectivity index (χ1n) is 4.91. The van der Waals surface area contributed by atoms with Crippen molar-refractivity contribution in [1.29, 1.82) is 5.26 Å². The molecule has 0 spiro atoms. The monoisotopic (exact) mass is 199 g/mol. The molecule has 0 amide bonds. The Balaban J connectivity index is 4.46. The number of carbonyl (C=O) groups is 1.